The molecule has 1 aliphatic heterocycles. The summed E-state index contributed by atoms with van der Waals surface area (Å²) >= 11 is 6.62. The number of nitrogens with two attached hydrogens (primary N) is 1. The molecule has 1 atom stereocenters. The maximum atomic E-state index is 14.1. The first kappa shape index (κ1) is 23.7. The maximum Gasteiger partial charge on any atom is 0.180 e. The van der Waals surface area contributed by atoms with Crippen molar-refractivity contribution in [3.63, 3.8) is 0 Å². The fourth-order valence-corrected chi connectivity index (χ4v) is 4.79. The van der Waals surface area contributed by atoms with E-state index in [1.165, 1.54) is 6.07 Å². The lowest BCUT2D eigenvalue weighted by molar-refractivity contribution is -0.116. The van der Waals surface area contributed by atoms with E-state index in [2.05, 4.69) is 6.07 Å². The van der Waals surface area contributed by atoms with Gasteiger partial charge in [-0.1, -0.05) is 29.8 Å². The molecule has 0 saturated heterocycles. The number of benzene rings is 2. The SMILES string of the molecule is CCOc1cc([C@H]2C(C#N)=C(N)N(C)C3=C2C(=O)CCC3)cc(Cl)c1OCc1ccccc1F. The molecule has 2 aliphatic rings. The predicted octanol–water partition coefficient (Wildman–Crippen LogP) is 5.19. The molecular formula is C26H25ClFN3O3. The Bertz CT molecular complexity index is 1250. The Morgan fingerprint density at radius 2 is 2.03 bits per heavy atom. The summed E-state index contributed by atoms with van der Waals surface area (Å²) in [4.78, 5) is 14.7. The number of allylic oxidation sites excluding steroid dienone is 3. The smallest absolute Gasteiger partial charge is 0.180 e. The van der Waals surface area contributed by atoms with Gasteiger partial charge in [0.2, 0.25) is 0 Å². The van der Waals surface area contributed by atoms with Crippen LogP contribution in [0, 0.1) is 17.1 Å². The van der Waals surface area contributed by atoms with Gasteiger partial charge in [-0.15, -0.1) is 0 Å². The Labute approximate surface area is 203 Å². The fourth-order valence-electron chi connectivity index (χ4n) is 4.52. The Morgan fingerprint density at radius 3 is 2.74 bits per heavy atom. The minimum Gasteiger partial charge on any atom is -0.490 e. The molecule has 0 fully saturated rings. The predicted molar refractivity (Wildman–Crippen MR) is 127 cm³/mol. The van der Waals surface area contributed by atoms with Gasteiger partial charge in [0, 0.05) is 30.3 Å². The van der Waals surface area contributed by atoms with Gasteiger partial charge < -0.3 is 20.1 Å². The van der Waals surface area contributed by atoms with Gasteiger partial charge in [0.25, 0.3) is 0 Å². The van der Waals surface area contributed by atoms with Gasteiger partial charge in [0.1, 0.15) is 18.2 Å². The Morgan fingerprint density at radius 1 is 1.26 bits per heavy atom. The van der Waals surface area contributed by atoms with Crippen LogP contribution in [0.2, 0.25) is 5.02 Å². The number of carbonyl (C=O) groups excluding carboxylic acids is 1. The first-order valence-corrected chi connectivity index (χ1v) is 11.5. The summed E-state index contributed by atoms with van der Waals surface area (Å²) < 4.78 is 25.7. The lowest BCUT2D eigenvalue weighted by Gasteiger charge is -2.37. The van der Waals surface area contributed by atoms with Crippen LogP contribution in [0.1, 0.15) is 43.2 Å². The molecule has 0 radical (unpaired) electrons. The average Bonchev–Trinajstić information content (AvgIpc) is 2.82. The molecule has 34 heavy (non-hydrogen) atoms. The molecular weight excluding hydrogens is 457 g/mol. The molecule has 0 aromatic heterocycles. The fraction of sp³-hybridized carbons (Fsp3) is 0.308. The molecule has 2 N–H and O–H groups in total. The number of nitriles is 1. The van der Waals surface area contributed by atoms with E-state index in [1.807, 2.05) is 6.92 Å². The number of carbonyl (C=O) groups is 1. The summed E-state index contributed by atoms with van der Waals surface area (Å²) in [5.41, 5.74) is 8.99. The molecule has 176 valence electrons. The monoisotopic (exact) mass is 481 g/mol. The van der Waals surface area contributed by atoms with Crippen LogP contribution in [0.15, 0.2) is 59.1 Å². The van der Waals surface area contributed by atoms with Crippen molar-refractivity contribution in [3.8, 4) is 17.6 Å². The van der Waals surface area contributed by atoms with Crippen molar-refractivity contribution in [1.82, 2.24) is 4.90 Å². The highest BCUT2D eigenvalue weighted by Crippen LogP contribution is 2.47. The molecule has 8 heteroatoms. The molecule has 0 spiro atoms. The maximum absolute atomic E-state index is 14.1. The quantitative estimate of drug-likeness (QED) is 0.611. The number of Topliss-reactive ketones (excluding diaryl/α,β-unsaturated/α-hetero) is 1. The van der Waals surface area contributed by atoms with Gasteiger partial charge in [-0.2, -0.15) is 5.26 Å². The van der Waals surface area contributed by atoms with Crippen molar-refractivity contribution in [2.24, 2.45) is 5.73 Å². The zero-order valence-electron chi connectivity index (χ0n) is 19.0. The summed E-state index contributed by atoms with van der Waals surface area (Å²) in [5.74, 6) is -0.109. The number of rotatable bonds is 6. The van der Waals surface area contributed by atoms with Gasteiger partial charge >= 0.3 is 0 Å². The van der Waals surface area contributed by atoms with E-state index in [9.17, 15) is 14.4 Å². The second kappa shape index (κ2) is 9.78. The second-order valence-electron chi connectivity index (χ2n) is 8.18. The third kappa shape index (κ3) is 4.22. The van der Waals surface area contributed by atoms with Crippen molar-refractivity contribution >= 4 is 17.4 Å². The Hall–Kier alpha value is -3.50. The van der Waals surface area contributed by atoms with Crippen LogP contribution in [-0.4, -0.2) is 24.3 Å². The van der Waals surface area contributed by atoms with Gasteiger partial charge in [0.15, 0.2) is 17.3 Å². The minimum absolute atomic E-state index is 0.00712. The summed E-state index contributed by atoms with van der Waals surface area (Å²) in [5, 5.41) is 10.2. The first-order valence-electron chi connectivity index (χ1n) is 11.1. The summed E-state index contributed by atoms with van der Waals surface area (Å²) in [6.45, 7) is 2.12. The van der Waals surface area contributed by atoms with E-state index in [0.717, 1.165) is 12.1 Å². The molecule has 0 unspecified atom stereocenters. The molecule has 4 rings (SSSR count). The van der Waals surface area contributed by atoms with Gasteiger partial charge in [0.05, 0.1) is 29.2 Å². The average molecular weight is 482 g/mol. The lowest BCUT2D eigenvalue weighted by atomic mass is 9.76. The van der Waals surface area contributed by atoms with Crippen molar-refractivity contribution in [2.45, 2.75) is 38.7 Å². The van der Waals surface area contributed by atoms with E-state index in [4.69, 9.17) is 26.8 Å². The highest BCUT2D eigenvalue weighted by atomic mass is 35.5. The number of ketones is 1. The number of halogens is 2. The van der Waals surface area contributed by atoms with Crippen LogP contribution < -0.4 is 15.2 Å². The Kier molecular flexibility index (Phi) is 6.80. The van der Waals surface area contributed by atoms with Gasteiger partial charge in [-0.25, -0.2) is 4.39 Å². The molecule has 1 heterocycles. The molecule has 0 saturated carbocycles. The van der Waals surface area contributed by atoms with Crippen molar-refractivity contribution in [3.05, 3.63) is 81.0 Å². The second-order valence-corrected chi connectivity index (χ2v) is 8.59. The number of hydrogen-bond donors (Lipinski definition) is 1. The van der Waals surface area contributed by atoms with Crippen LogP contribution in [-0.2, 0) is 11.4 Å². The molecule has 2 aromatic carbocycles. The first-order chi connectivity index (χ1) is 16.4. The molecule has 0 bridgehead atoms. The zero-order valence-corrected chi connectivity index (χ0v) is 19.8. The van der Waals surface area contributed by atoms with Crippen LogP contribution in [0.5, 0.6) is 11.5 Å². The van der Waals surface area contributed by atoms with Crippen molar-refractivity contribution in [2.75, 3.05) is 13.7 Å². The van der Waals surface area contributed by atoms with Gasteiger partial charge in [-0.3, -0.25) is 4.79 Å². The number of nitrogens with zero attached hydrogens (tertiary/aromatic N) is 2. The minimum atomic E-state index is -0.652. The summed E-state index contributed by atoms with van der Waals surface area (Å²) in [6, 6.07) is 11.9. The van der Waals surface area contributed by atoms with Gasteiger partial charge in [-0.05, 0) is 43.5 Å². The highest BCUT2D eigenvalue weighted by molar-refractivity contribution is 6.32. The lowest BCUT2D eigenvalue weighted by Crippen LogP contribution is -2.36. The van der Waals surface area contributed by atoms with E-state index in [-0.39, 0.29) is 34.6 Å². The molecule has 6 nitrogen and oxygen atoms in total. The Balaban J connectivity index is 1.79. The highest BCUT2D eigenvalue weighted by Gasteiger charge is 2.39. The number of ether oxygens (including phenoxy) is 2. The number of hydrogen-bond acceptors (Lipinski definition) is 6. The molecule has 2 aromatic rings. The topological polar surface area (TPSA) is 88.6 Å². The van der Waals surface area contributed by atoms with Crippen LogP contribution in [0.4, 0.5) is 4.39 Å². The van der Waals surface area contributed by atoms with Crippen molar-refractivity contribution < 1.29 is 18.7 Å². The zero-order chi connectivity index (χ0) is 24.4. The van der Waals surface area contributed by atoms with E-state index >= 15 is 0 Å². The van der Waals surface area contributed by atoms with Crippen molar-refractivity contribution in [1.29, 1.82) is 5.26 Å². The largest absolute Gasteiger partial charge is 0.490 e. The van der Waals surface area contributed by atoms with Crippen LogP contribution in [0.25, 0.3) is 0 Å². The van der Waals surface area contributed by atoms with E-state index in [0.29, 0.717) is 47.7 Å². The third-order valence-corrected chi connectivity index (χ3v) is 6.44. The normalized spacial score (nSPS) is 18.0. The standard InChI is InChI=1S/C26H25ClFN3O3/c1-3-33-22-12-16(11-18(27)25(22)34-14-15-7-4-5-8-19(15)28)23-17(13-29)26(30)31(2)20-9-6-10-21(32)24(20)23/h4-5,7-8,11-12,23H,3,6,9-10,14,30H2,1-2H3/t23-/m0/s1. The van der Waals surface area contributed by atoms with E-state index < -0.39 is 5.92 Å². The summed E-state index contributed by atoms with van der Waals surface area (Å²) in [6.07, 6.45) is 1.85. The summed E-state index contributed by atoms with van der Waals surface area (Å²) in [7, 11) is 1.77. The third-order valence-electron chi connectivity index (χ3n) is 6.16. The van der Waals surface area contributed by atoms with Crippen LogP contribution >= 0.6 is 11.6 Å². The molecule has 0 amide bonds. The van der Waals surface area contributed by atoms with Crippen LogP contribution in [0.3, 0.4) is 0 Å². The molecule has 1 aliphatic carbocycles. The van der Waals surface area contributed by atoms with E-state index in [1.54, 1.807) is 42.3 Å².